The lowest BCUT2D eigenvalue weighted by Gasteiger charge is -2.22. The number of ether oxygens (including phenoxy) is 1. The van der Waals surface area contributed by atoms with Crippen LogP contribution in [-0.2, 0) is 16.0 Å². The second-order valence-electron chi connectivity index (χ2n) is 4.32. The van der Waals surface area contributed by atoms with Crippen LogP contribution in [0.15, 0.2) is 12.4 Å². The average Bonchev–Trinajstić information content (AvgIpc) is 2.78. The fourth-order valence-corrected chi connectivity index (χ4v) is 1.97. The van der Waals surface area contributed by atoms with Gasteiger partial charge < -0.3 is 15.6 Å². The van der Waals surface area contributed by atoms with Crippen LogP contribution in [0.1, 0.15) is 24.4 Å². The molecule has 1 aromatic rings. The lowest BCUT2D eigenvalue weighted by molar-refractivity contribution is -0.138. The summed E-state index contributed by atoms with van der Waals surface area (Å²) in [5.41, 5.74) is 6.35. The summed E-state index contributed by atoms with van der Waals surface area (Å²) < 4.78 is 7.18. The molecule has 0 spiro atoms. The van der Waals surface area contributed by atoms with E-state index in [0.717, 1.165) is 31.6 Å². The van der Waals surface area contributed by atoms with Crippen LogP contribution in [0.4, 0.5) is 0 Å². The Labute approximate surface area is 99.4 Å². The van der Waals surface area contributed by atoms with Gasteiger partial charge in [-0.1, -0.05) is 0 Å². The quantitative estimate of drug-likeness (QED) is 0.782. The molecule has 17 heavy (non-hydrogen) atoms. The van der Waals surface area contributed by atoms with Gasteiger partial charge in [-0.2, -0.15) is 5.10 Å². The van der Waals surface area contributed by atoms with Crippen LogP contribution in [0.3, 0.4) is 0 Å². The molecule has 0 aliphatic carbocycles. The minimum absolute atomic E-state index is 0.318. The number of hydrogen-bond donors (Lipinski definition) is 2. The largest absolute Gasteiger partial charge is 0.480 e. The van der Waals surface area contributed by atoms with Crippen LogP contribution >= 0.6 is 0 Å². The maximum absolute atomic E-state index is 10.6. The SMILES string of the molecule is NC(Cc1cnn(C2CCOCC2)c1)C(=O)O. The summed E-state index contributed by atoms with van der Waals surface area (Å²) in [6, 6.07) is -0.499. The summed E-state index contributed by atoms with van der Waals surface area (Å²) in [7, 11) is 0. The summed E-state index contributed by atoms with van der Waals surface area (Å²) in [5, 5.41) is 13.0. The molecule has 0 bridgehead atoms. The molecular weight excluding hydrogens is 222 g/mol. The second-order valence-corrected chi connectivity index (χ2v) is 4.32. The van der Waals surface area contributed by atoms with E-state index in [2.05, 4.69) is 5.10 Å². The summed E-state index contributed by atoms with van der Waals surface area (Å²) >= 11 is 0. The van der Waals surface area contributed by atoms with Crippen molar-refractivity contribution >= 4 is 5.97 Å². The van der Waals surface area contributed by atoms with E-state index >= 15 is 0 Å². The Balaban J connectivity index is 1.97. The first kappa shape index (κ1) is 12.1. The average molecular weight is 239 g/mol. The summed E-state index contributed by atoms with van der Waals surface area (Å²) in [4.78, 5) is 10.6. The molecule has 0 amide bonds. The molecule has 1 atom stereocenters. The van der Waals surface area contributed by atoms with Gasteiger partial charge in [-0.15, -0.1) is 0 Å². The molecule has 2 rings (SSSR count). The van der Waals surface area contributed by atoms with E-state index in [9.17, 15) is 4.79 Å². The van der Waals surface area contributed by atoms with Crippen molar-refractivity contribution in [3.63, 3.8) is 0 Å². The van der Waals surface area contributed by atoms with E-state index in [0.29, 0.717) is 12.5 Å². The third-order valence-electron chi connectivity index (χ3n) is 2.99. The lowest BCUT2D eigenvalue weighted by Crippen LogP contribution is -2.32. The zero-order valence-electron chi connectivity index (χ0n) is 9.58. The molecule has 1 unspecified atom stereocenters. The molecule has 0 aromatic carbocycles. The zero-order chi connectivity index (χ0) is 12.3. The van der Waals surface area contributed by atoms with E-state index in [1.165, 1.54) is 0 Å². The molecule has 1 aliphatic heterocycles. The predicted molar refractivity (Wildman–Crippen MR) is 60.6 cm³/mol. The molecular formula is C11H17N3O3. The number of hydrogen-bond acceptors (Lipinski definition) is 4. The number of nitrogens with zero attached hydrogens (tertiary/aromatic N) is 2. The van der Waals surface area contributed by atoms with Crippen molar-refractivity contribution in [3.05, 3.63) is 18.0 Å². The number of carboxylic acid groups (broad SMARTS) is 1. The van der Waals surface area contributed by atoms with Crippen molar-refractivity contribution in [2.45, 2.75) is 31.3 Å². The normalized spacial score (nSPS) is 19.1. The number of carboxylic acids is 1. The van der Waals surface area contributed by atoms with Gasteiger partial charge in [0.2, 0.25) is 0 Å². The third kappa shape index (κ3) is 3.04. The van der Waals surface area contributed by atoms with Crippen LogP contribution < -0.4 is 5.73 Å². The first-order valence-corrected chi connectivity index (χ1v) is 5.76. The fraction of sp³-hybridized carbons (Fsp3) is 0.636. The molecule has 0 radical (unpaired) electrons. The highest BCUT2D eigenvalue weighted by molar-refractivity contribution is 5.73. The minimum atomic E-state index is -0.983. The number of aliphatic carboxylic acids is 1. The highest BCUT2D eigenvalue weighted by Gasteiger charge is 2.18. The second kappa shape index (κ2) is 5.29. The summed E-state index contributed by atoms with van der Waals surface area (Å²) in [6.07, 6.45) is 5.80. The Kier molecular flexibility index (Phi) is 3.75. The number of rotatable bonds is 4. The van der Waals surface area contributed by atoms with Gasteiger partial charge in [0.15, 0.2) is 0 Å². The highest BCUT2D eigenvalue weighted by atomic mass is 16.5. The Morgan fingerprint density at radius 3 is 3.00 bits per heavy atom. The fourth-order valence-electron chi connectivity index (χ4n) is 1.97. The zero-order valence-corrected chi connectivity index (χ0v) is 9.58. The van der Waals surface area contributed by atoms with Gasteiger partial charge in [0.05, 0.1) is 12.2 Å². The molecule has 3 N–H and O–H groups in total. The Morgan fingerprint density at radius 2 is 2.35 bits per heavy atom. The Morgan fingerprint density at radius 1 is 1.65 bits per heavy atom. The van der Waals surface area contributed by atoms with Crippen LogP contribution in [0.2, 0.25) is 0 Å². The predicted octanol–water partition coefficient (Wildman–Crippen LogP) is 0.189. The summed E-state index contributed by atoms with van der Waals surface area (Å²) in [6.45, 7) is 1.52. The van der Waals surface area contributed by atoms with Crippen LogP contribution in [-0.4, -0.2) is 40.1 Å². The number of carbonyl (C=O) groups is 1. The smallest absolute Gasteiger partial charge is 0.320 e. The van der Waals surface area contributed by atoms with Crippen LogP contribution in [0.25, 0.3) is 0 Å². The molecule has 2 heterocycles. The van der Waals surface area contributed by atoms with Gasteiger partial charge in [-0.05, 0) is 18.4 Å². The van der Waals surface area contributed by atoms with Crippen LogP contribution in [0.5, 0.6) is 0 Å². The van der Waals surface area contributed by atoms with E-state index in [1.807, 2.05) is 10.9 Å². The van der Waals surface area contributed by atoms with E-state index in [1.54, 1.807) is 6.20 Å². The van der Waals surface area contributed by atoms with E-state index in [4.69, 9.17) is 15.6 Å². The number of nitrogens with two attached hydrogens (primary N) is 1. The molecule has 1 saturated heterocycles. The van der Waals surface area contributed by atoms with Gasteiger partial charge in [0.1, 0.15) is 6.04 Å². The van der Waals surface area contributed by atoms with Gasteiger partial charge in [0.25, 0.3) is 0 Å². The Bertz CT molecular complexity index is 385. The van der Waals surface area contributed by atoms with Crippen molar-refractivity contribution in [2.24, 2.45) is 5.73 Å². The van der Waals surface area contributed by atoms with Gasteiger partial charge >= 0.3 is 5.97 Å². The lowest BCUT2D eigenvalue weighted by atomic mass is 10.1. The molecule has 0 saturated carbocycles. The van der Waals surface area contributed by atoms with Gasteiger partial charge in [0, 0.05) is 25.8 Å². The molecule has 1 aliphatic rings. The number of aromatic nitrogens is 2. The van der Waals surface area contributed by atoms with Crippen molar-refractivity contribution in [1.29, 1.82) is 0 Å². The monoisotopic (exact) mass is 239 g/mol. The molecule has 6 nitrogen and oxygen atoms in total. The maximum Gasteiger partial charge on any atom is 0.320 e. The van der Waals surface area contributed by atoms with E-state index < -0.39 is 12.0 Å². The topological polar surface area (TPSA) is 90.4 Å². The molecule has 94 valence electrons. The Hall–Kier alpha value is -1.40. The van der Waals surface area contributed by atoms with Gasteiger partial charge in [-0.3, -0.25) is 9.48 Å². The van der Waals surface area contributed by atoms with Crippen molar-refractivity contribution < 1.29 is 14.6 Å². The molecule has 1 fully saturated rings. The first-order valence-electron chi connectivity index (χ1n) is 5.76. The third-order valence-corrected chi connectivity index (χ3v) is 2.99. The standard InChI is InChI=1S/C11H17N3O3/c12-10(11(15)16)5-8-6-13-14(7-8)9-1-3-17-4-2-9/h6-7,9-10H,1-5,12H2,(H,15,16). The first-order chi connectivity index (χ1) is 8.16. The molecule has 6 heteroatoms. The van der Waals surface area contributed by atoms with Crippen molar-refractivity contribution in [2.75, 3.05) is 13.2 Å². The maximum atomic E-state index is 10.6. The minimum Gasteiger partial charge on any atom is -0.480 e. The molecule has 1 aromatic heterocycles. The summed E-state index contributed by atoms with van der Waals surface area (Å²) in [5.74, 6) is -0.983. The van der Waals surface area contributed by atoms with Crippen LogP contribution in [0, 0.1) is 0 Å². The van der Waals surface area contributed by atoms with Crippen molar-refractivity contribution in [1.82, 2.24) is 9.78 Å². The highest BCUT2D eigenvalue weighted by Crippen LogP contribution is 2.20. The van der Waals surface area contributed by atoms with E-state index in [-0.39, 0.29) is 0 Å². The van der Waals surface area contributed by atoms with Gasteiger partial charge in [-0.25, -0.2) is 0 Å². The van der Waals surface area contributed by atoms with Crippen molar-refractivity contribution in [3.8, 4) is 0 Å².